The van der Waals surface area contributed by atoms with E-state index in [4.69, 9.17) is 0 Å². The zero-order valence-corrected chi connectivity index (χ0v) is 13.8. The van der Waals surface area contributed by atoms with Crippen molar-refractivity contribution in [1.29, 1.82) is 5.26 Å². The molecule has 0 aliphatic heterocycles. The fraction of sp³-hybridized carbons (Fsp3) is 0.188. The first-order valence-corrected chi connectivity index (χ1v) is 8.12. The highest BCUT2D eigenvalue weighted by atomic mass is 79.9. The van der Waals surface area contributed by atoms with Crippen molar-refractivity contribution in [2.24, 2.45) is 0 Å². The van der Waals surface area contributed by atoms with Crippen LogP contribution in [-0.4, -0.2) is 5.75 Å². The van der Waals surface area contributed by atoms with E-state index >= 15 is 0 Å². The predicted octanol–water partition coefficient (Wildman–Crippen LogP) is 5.48. The highest BCUT2D eigenvalue weighted by Crippen LogP contribution is 2.30. The number of aryl methyl sites for hydroxylation is 1. The molecular weight excluding hydrogens is 332 g/mol. The summed E-state index contributed by atoms with van der Waals surface area (Å²) in [6.07, 6.45) is 0. The molecule has 2 aromatic rings. The Morgan fingerprint density at radius 2 is 2.10 bits per heavy atom. The van der Waals surface area contributed by atoms with E-state index in [-0.39, 0.29) is 0 Å². The predicted molar refractivity (Wildman–Crippen MR) is 89.7 cm³/mol. The Morgan fingerprint density at radius 3 is 2.75 bits per heavy atom. The van der Waals surface area contributed by atoms with Crippen LogP contribution in [0.2, 0.25) is 0 Å². The SMILES string of the molecule is CCSc1cccc(Nc2ccc(Br)c(C)c2)c1C#N. The lowest BCUT2D eigenvalue weighted by atomic mass is 10.1. The fourth-order valence-corrected chi connectivity index (χ4v) is 2.94. The Labute approximate surface area is 132 Å². The lowest BCUT2D eigenvalue weighted by molar-refractivity contribution is 1.34. The monoisotopic (exact) mass is 346 g/mol. The van der Waals surface area contributed by atoms with E-state index in [0.717, 1.165) is 32.1 Å². The Morgan fingerprint density at radius 1 is 1.30 bits per heavy atom. The van der Waals surface area contributed by atoms with Crippen LogP contribution in [0.1, 0.15) is 18.1 Å². The molecule has 2 aromatic carbocycles. The van der Waals surface area contributed by atoms with Crippen LogP contribution in [0, 0.1) is 18.3 Å². The summed E-state index contributed by atoms with van der Waals surface area (Å²) in [5.41, 5.74) is 3.71. The van der Waals surface area contributed by atoms with Gasteiger partial charge < -0.3 is 5.32 Å². The topological polar surface area (TPSA) is 35.8 Å². The summed E-state index contributed by atoms with van der Waals surface area (Å²) < 4.78 is 1.08. The second-order valence-corrected chi connectivity index (χ2v) is 6.47. The molecule has 0 radical (unpaired) electrons. The minimum atomic E-state index is 0.708. The second kappa shape index (κ2) is 6.83. The molecule has 2 nitrogen and oxygen atoms in total. The van der Waals surface area contributed by atoms with Crippen LogP contribution in [0.5, 0.6) is 0 Å². The van der Waals surface area contributed by atoms with E-state index in [1.165, 1.54) is 0 Å². The van der Waals surface area contributed by atoms with Crippen molar-refractivity contribution in [1.82, 2.24) is 0 Å². The van der Waals surface area contributed by atoms with E-state index in [9.17, 15) is 5.26 Å². The van der Waals surface area contributed by atoms with Crippen molar-refractivity contribution in [2.75, 3.05) is 11.1 Å². The summed E-state index contributed by atoms with van der Waals surface area (Å²) in [4.78, 5) is 1.02. The van der Waals surface area contributed by atoms with Gasteiger partial charge in [-0.3, -0.25) is 0 Å². The molecule has 2 rings (SSSR count). The number of halogens is 1. The lowest BCUT2D eigenvalue weighted by Crippen LogP contribution is -1.96. The normalized spacial score (nSPS) is 10.1. The maximum atomic E-state index is 9.39. The highest BCUT2D eigenvalue weighted by Gasteiger charge is 2.08. The standard InChI is InChI=1S/C16H15BrN2S/c1-3-20-16-6-4-5-15(13(16)10-18)19-12-7-8-14(17)11(2)9-12/h4-9,19H,3H2,1-2H3. The zero-order chi connectivity index (χ0) is 14.5. The molecule has 102 valence electrons. The lowest BCUT2D eigenvalue weighted by Gasteiger charge is -2.12. The molecule has 0 bridgehead atoms. The van der Waals surface area contributed by atoms with E-state index < -0.39 is 0 Å². The molecule has 1 N–H and O–H groups in total. The summed E-state index contributed by atoms with van der Waals surface area (Å²) in [7, 11) is 0. The number of benzene rings is 2. The number of nitrogens with one attached hydrogen (secondary N) is 1. The van der Waals surface area contributed by atoms with Crippen LogP contribution in [0.25, 0.3) is 0 Å². The average molecular weight is 347 g/mol. The van der Waals surface area contributed by atoms with Crippen molar-refractivity contribution < 1.29 is 0 Å². The molecule has 0 unspecified atom stereocenters. The van der Waals surface area contributed by atoms with Crippen LogP contribution in [0.15, 0.2) is 45.8 Å². The van der Waals surface area contributed by atoms with Gasteiger partial charge in [0.1, 0.15) is 6.07 Å². The molecule has 0 aromatic heterocycles. The fourth-order valence-electron chi connectivity index (χ4n) is 1.90. The molecular formula is C16H15BrN2S. The van der Waals surface area contributed by atoms with E-state index in [0.29, 0.717) is 5.56 Å². The molecule has 0 saturated carbocycles. The van der Waals surface area contributed by atoms with Crippen molar-refractivity contribution in [3.05, 3.63) is 52.0 Å². The smallest absolute Gasteiger partial charge is 0.103 e. The first-order chi connectivity index (χ1) is 9.65. The number of hydrogen-bond donors (Lipinski definition) is 1. The van der Waals surface area contributed by atoms with Crippen LogP contribution >= 0.6 is 27.7 Å². The van der Waals surface area contributed by atoms with Gasteiger partial charge >= 0.3 is 0 Å². The Kier molecular flexibility index (Phi) is 5.11. The molecule has 0 aliphatic carbocycles. The van der Waals surface area contributed by atoms with Gasteiger partial charge in [0.05, 0.1) is 11.3 Å². The van der Waals surface area contributed by atoms with E-state index in [2.05, 4.69) is 40.3 Å². The molecule has 20 heavy (non-hydrogen) atoms. The van der Waals surface area contributed by atoms with Gasteiger partial charge in [-0.25, -0.2) is 0 Å². The van der Waals surface area contributed by atoms with Crippen molar-refractivity contribution >= 4 is 39.1 Å². The van der Waals surface area contributed by atoms with Crippen molar-refractivity contribution in [2.45, 2.75) is 18.7 Å². The van der Waals surface area contributed by atoms with Crippen molar-refractivity contribution in [3.63, 3.8) is 0 Å². The number of nitrogens with zero attached hydrogens (tertiary/aromatic N) is 1. The van der Waals surface area contributed by atoms with Crippen molar-refractivity contribution in [3.8, 4) is 6.07 Å². The quantitative estimate of drug-likeness (QED) is 0.744. The second-order valence-electron chi connectivity index (χ2n) is 4.31. The minimum absolute atomic E-state index is 0.708. The molecule has 0 saturated heterocycles. The molecule has 0 aliphatic rings. The first kappa shape index (κ1) is 15.0. The molecule has 0 fully saturated rings. The number of nitriles is 1. The number of anilines is 2. The highest BCUT2D eigenvalue weighted by molar-refractivity contribution is 9.10. The van der Waals surface area contributed by atoms with Gasteiger partial charge in [-0.2, -0.15) is 5.26 Å². The summed E-state index contributed by atoms with van der Waals surface area (Å²) >= 11 is 5.18. The van der Waals surface area contributed by atoms with Gasteiger partial charge in [0.2, 0.25) is 0 Å². The molecule has 0 heterocycles. The Bertz CT molecular complexity index is 662. The third-order valence-corrected chi connectivity index (χ3v) is 4.70. The minimum Gasteiger partial charge on any atom is -0.354 e. The number of rotatable bonds is 4. The van der Waals surface area contributed by atoms with E-state index in [1.54, 1.807) is 11.8 Å². The van der Waals surface area contributed by atoms with Gasteiger partial charge in [0.15, 0.2) is 0 Å². The van der Waals surface area contributed by atoms with Crippen LogP contribution in [0.3, 0.4) is 0 Å². The average Bonchev–Trinajstić information content (AvgIpc) is 2.44. The summed E-state index contributed by atoms with van der Waals surface area (Å²) in [6.45, 7) is 4.13. The zero-order valence-electron chi connectivity index (χ0n) is 11.4. The van der Waals surface area contributed by atoms with Crippen LogP contribution < -0.4 is 5.32 Å². The van der Waals surface area contributed by atoms with E-state index in [1.807, 2.05) is 37.3 Å². The molecule has 0 atom stereocenters. The van der Waals surface area contributed by atoms with Gasteiger partial charge in [-0.15, -0.1) is 11.8 Å². The Balaban J connectivity index is 2.35. The largest absolute Gasteiger partial charge is 0.354 e. The molecule has 0 spiro atoms. The molecule has 0 amide bonds. The maximum absolute atomic E-state index is 9.39. The molecule has 4 heteroatoms. The van der Waals surface area contributed by atoms with Crippen LogP contribution in [0.4, 0.5) is 11.4 Å². The summed E-state index contributed by atoms with van der Waals surface area (Å²) in [5.74, 6) is 0.954. The summed E-state index contributed by atoms with van der Waals surface area (Å²) in [6, 6.07) is 14.3. The van der Waals surface area contributed by atoms with Gasteiger partial charge in [0, 0.05) is 15.1 Å². The van der Waals surface area contributed by atoms with Crippen LogP contribution in [-0.2, 0) is 0 Å². The first-order valence-electron chi connectivity index (χ1n) is 6.34. The third kappa shape index (κ3) is 3.36. The number of hydrogen-bond acceptors (Lipinski definition) is 3. The van der Waals surface area contributed by atoms with Gasteiger partial charge in [-0.05, 0) is 48.6 Å². The Hall–Kier alpha value is -1.44. The summed E-state index contributed by atoms with van der Waals surface area (Å²) in [5, 5.41) is 12.7. The number of thioether (sulfide) groups is 1. The maximum Gasteiger partial charge on any atom is 0.103 e. The van der Waals surface area contributed by atoms with Gasteiger partial charge in [-0.1, -0.05) is 28.9 Å². The third-order valence-electron chi connectivity index (χ3n) is 2.87. The van der Waals surface area contributed by atoms with Gasteiger partial charge in [0.25, 0.3) is 0 Å².